The molecule has 0 atom stereocenters. The van der Waals surface area contributed by atoms with Gasteiger partial charge in [-0.3, -0.25) is 14.6 Å². The van der Waals surface area contributed by atoms with Crippen LogP contribution < -0.4 is 10.9 Å². The summed E-state index contributed by atoms with van der Waals surface area (Å²) in [6.07, 6.45) is 1.45. The molecule has 0 saturated carbocycles. The highest BCUT2D eigenvalue weighted by atomic mass is 35.5. The molecular weight excluding hydrogens is 406 g/mol. The number of H-pyrrole nitrogens is 1. The number of aromatic amines is 1. The second-order valence-electron chi connectivity index (χ2n) is 7.95. The molecule has 4 rings (SSSR count). The zero-order chi connectivity index (χ0) is 21.6. The SMILES string of the molecule is Cc1cc(NC(=O)C(C)(C)C)n(-c2nc3c(cnn3-c3cccc(Cl)c3)c(=O)[nH]2)n1. The predicted octanol–water partition coefficient (Wildman–Crippen LogP) is 3.24. The van der Waals surface area contributed by atoms with Crippen LogP contribution in [0.15, 0.2) is 41.3 Å². The van der Waals surface area contributed by atoms with Gasteiger partial charge in [-0.2, -0.15) is 19.9 Å². The van der Waals surface area contributed by atoms with Gasteiger partial charge in [-0.05, 0) is 25.1 Å². The Kier molecular flexibility index (Phi) is 4.70. The molecule has 154 valence electrons. The number of benzene rings is 1. The standard InChI is InChI=1S/C20H20ClN7O2/c1-11-8-15(23-18(30)20(2,3)4)28(26-11)19-24-16-14(17(29)25-19)10-22-27(16)13-7-5-6-12(21)9-13/h5-10H,1-4H3,(H,23,30)(H,24,25,29). The summed E-state index contributed by atoms with van der Waals surface area (Å²) in [4.78, 5) is 32.4. The molecule has 0 saturated heterocycles. The summed E-state index contributed by atoms with van der Waals surface area (Å²) in [7, 11) is 0. The number of hydrogen-bond donors (Lipinski definition) is 2. The van der Waals surface area contributed by atoms with Crippen molar-refractivity contribution in [2.45, 2.75) is 27.7 Å². The molecule has 0 aliphatic heterocycles. The lowest BCUT2D eigenvalue weighted by Gasteiger charge is -2.17. The summed E-state index contributed by atoms with van der Waals surface area (Å²) >= 11 is 6.10. The van der Waals surface area contributed by atoms with Gasteiger partial charge in [0, 0.05) is 16.5 Å². The van der Waals surface area contributed by atoms with Crippen LogP contribution >= 0.6 is 11.6 Å². The maximum absolute atomic E-state index is 12.7. The zero-order valence-electron chi connectivity index (χ0n) is 16.9. The quantitative estimate of drug-likeness (QED) is 0.523. The average molecular weight is 426 g/mol. The van der Waals surface area contributed by atoms with E-state index >= 15 is 0 Å². The monoisotopic (exact) mass is 425 g/mol. The highest BCUT2D eigenvalue weighted by Gasteiger charge is 2.24. The van der Waals surface area contributed by atoms with Gasteiger partial charge in [-0.15, -0.1) is 0 Å². The Balaban J connectivity index is 1.86. The van der Waals surface area contributed by atoms with E-state index in [2.05, 4.69) is 25.5 Å². The Morgan fingerprint density at radius 1 is 1.20 bits per heavy atom. The van der Waals surface area contributed by atoms with Crippen molar-refractivity contribution in [3.8, 4) is 11.6 Å². The van der Waals surface area contributed by atoms with Gasteiger partial charge in [0.05, 0.1) is 17.6 Å². The van der Waals surface area contributed by atoms with Crippen molar-refractivity contribution >= 4 is 34.4 Å². The fourth-order valence-corrected chi connectivity index (χ4v) is 3.04. The Morgan fingerprint density at radius 3 is 2.67 bits per heavy atom. The Morgan fingerprint density at radius 2 is 1.97 bits per heavy atom. The van der Waals surface area contributed by atoms with Crippen molar-refractivity contribution in [1.29, 1.82) is 0 Å². The van der Waals surface area contributed by atoms with Gasteiger partial charge < -0.3 is 5.32 Å². The van der Waals surface area contributed by atoms with E-state index in [-0.39, 0.29) is 17.4 Å². The third-order valence-electron chi connectivity index (χ3n) is 4.43. The lowest BCUT2D eigenvalue weighted by molar-refractivity contribution is -0.123. The first kappa shape index (κ1) is 19.8. The zero-order valence-corrected chi connectivity index (χ0v) is 17.7. The minimum Gasteiger partial charge on any atom is -0.310 e. The van der Waals surface area contributed by atoms with Crippen LogP contribution in [0.3, 0.4) is 0 Å². The second kappa shape index (κ2) is 7.10. The number of aryl methyl sites for hydroxylation is 1. The van der Waals surface area contributed by atoms with Crippen LogP contribution in [0.2, 0.25) is 5.02 Å². The van der Waals surface area contributed by atoms with Crippen LogP contribution in [-0.2, 0) is 4.79 Å². The number of nitrogens with zero attached hydrogens (tertiary/aromatic N) is 5. The van der Waals surface area contributed by atoms with Crippen molar-refractivity contribution in [3.05, 3.63) is 57.6 Å². The summed E-state index contributed by atoms with van der Waals surface area (Å²) in [5.74, 6) is 0.383. The van der Waals surface area contributed by atoms with E-state index in [1.165, 1.54) is 15.6 Å². The van der Waals surface area contributed by atoms with Crippen molar-refractivity contribution in [2.24, 2.45) is 5.41 Å². The summed E-state index contributed by atoms with van der Waals surface area (Å²) in [6, 6.07) is 8.79. The number of fused-ring (bicyclic) bond motifs is 1. The van der Waals surface area contributed by atoms with E-state index in [1.807, 2.05) is 26.8 Å². The van der Waals surface area contributed by atoms with E-state index in [9.17, 15) is 9.59 Å². The first-order valence-corrected chi connectivity index (χ1v) is 9.64. The molecule has 0 bridgehead atoms. The summed E-state index contributed by atoms with van der Waals surface area (Å²) in [5, 5.41) is 12.4. The van der Waals surface area contributed by atoms with Gasteiger partial charge >= 0.3 is 0 Å². The van der Waals surface area contributed by atoms with Crippen LogP contribution in [0.4, 0.5) is 5.82 Å². The fourth-order valence-electron chi connectivity index (χ4n) is 2.86. The number of amides is 1. The Labute approximate surface area is 176 Å². The normalized spacial score (nSPS) is 11.8. The number of rotatable bonds is 3. The third kappa shape index (κ3) is 3.59. The van der Waals surface area contributed by atoms with E-state index in [1.54, 1.807) is 31.2 Å². The maximum atomic E-state index is 12.7. The fraction of sp³-hybridized carbons (Fsp3) is 0.250. The predicted molar refractivity (Wildman–Crippen MR) is 114 cm³/mol. The molecule has 0 radical (unpaired) electrons. The molecule has 0 aliphatic carbocycles. The number of anilines is 1. The molecule has 9 nitrogen and oxygen atoms in total. The average Bonchev–Trinajstić information content (AvgIpc) is 3.24. The van der Waals surface area contributed by atoms with Gasteiger partial charge in [-0.1, -0.05) is 38.4 Å². The summed E-state index contributed by atoms with van der Waals surface area (Å²) in [5.41, 5.74) is 0.700. The van der Waals surface area contributed by atoms with E-state index in [0.717, 1.165) is 0 Å². The van der Waals surface area contributed by atoms with Crippen molar-refractivity contribution < 1.29 is 4.79 Å². The van der Waals surface area contributed by atoms with Crippen molar-refractivity contribution in [2.75, 3.05) is 5.32 Å². The largest absolute Gasteiger partial charge is 0.310 e. The summed E-state index contributed by atoms with van der Waals surface area (Å²) < 4.78 is 2.93. The lowest BCUT2D eigenvalue weighted by Crippen LogP contribution is -2.29. The molecule has 0 spiro atoms. The highest BCUT2D eigenvalue weighted by molar-refractivity contribution is 6.30. The minimum atomic E-state index is -0.598. The smallest absolute Gasteiger partial charge is 0.263 e. The number of carbonyl (C=O) groups is 1. The van der Waals surface area contributed by atoms with E-state index in [0.29, 0.717) is 33.3 Å². The third-order valence-corrected chi connectivity index (χ3v) is 4.67. The van der Waals surface area contributed by atoms with Gasteiger partial charge in [0.1, 0.15) is 11.2 Å². The number of nitrogens with one attached hydrogen (secondary N) is 2. The van der Waals surface area contributed by atoms with Crippen LogP contribution in [0.1, 0.15) is 26.5 Å². The molecule has 30 heavy (non-hydrogen) atoms. The van der Waals surface area contributed by atoms with Gasteiger partial charge in [-0.25, -0.2) is 4.68 Å². The van der Waals surface area contributed by atoms with Gasteiger partial charge in [0.15, 0.2) is 5.65 Å². The minimum absolute atomic E-state index is 0.161. The number of hydrogen-bond acceptors (Lipinski definition) is 5. The molecular formula is C20H20ClN7O2. The highest BCUT2D eigenvalue weighted by Crippen LogP contribution is 2.21. The van der Waals surface area contributed by atoms with Crippen LogP contribution in [0.5, 0.6) is 0 Å². The molecule has 1 aromatic carbocycles. The molecule has 10 heteroatoms. The van der Waals surface area contributed by atoms with Crippen LogP contribution in [0.25, 0.3) is 22.7 Å². The molecule has 1 amide bonds. The molecule has 3 aromatic heterocycles. The molecule has 2 N–H and O–H groups in total. The maximum Gasteiger partial charge on any atom is 0.263 e. The topological polar surface area (TPSA) is 110 Å². The molecule has 3 heterocycles. The van der Waals surface area contributed by atoms with Gasteiger partial charge in [0.2, 0.25) is 11.9 Å². The lowest BCUT2D eigenvalue weighted by atomic mass is 9.96. The van der Waals surface area contributed by atoms with Crippen LogP contribution in [0, 0.1) is 12.3 Å². The molecule has 0 fully saturated rings. The number of carbonyl (C=O) groups excluding carboxylic acids is 1. The molecule has 0 aliphatic rings. The molecule has 4 aromatic rings. The second-order valence-corrected chi connectivity index (χ2v) is 8.39. The summed E-state index contributed by atoms with van der Waals surface area (Å²) in [6.45, 7) is 7.22. The Hall–Kier alpha value is -3.46. The van der Waals surface area contributed by atoms with Crippen LogP contribution in [-0.4, -0.2) is 35.4 Å². The van der Waals surface area contributed by atoms with Crippen molar-refractivity contribution in [1.82, 2.24) is 29.5 Å². The van der Waals surface area contributed by atoms with Crippen molar-refractivity contribution in [3.63, 3.8) is 0 Å². The van der Waals surface area contributed by atoms with E-state index in [4.69, 9.17) is 11.6 Å². The first-order chi connectivity index (χ1) is 14.1. The molecule has 0 unspecified atom stereocenters. The number of aromatic nitrogens is 6. The first-order valence-electron chi connectivity index (χ1n) is 9.26. The van der Waals surface area contributed by atoms with E-state index < -0.39 is 5.41 Å². The number of halogens is 1. The Bertz CT molecular complexity index is 1330. The van der Waals surface area contributed by atoms with Gasteiger partial charge in [0.25, 0.3) is 5.56 Å².